The first-order chi connectivity index (χ1) is 6.79. The number of allylic oxidation sites excluding steroid dienone is 1. The minimum absolute atomic E-state index is 0.554. The number of aliphatic hydroxyl groups is 1. The standard InChI is InChI=1S/C12H12OS/c1-11(13)7-5-6-10-14-12-8-3-2-4-9-12/h2-4,6,8-11,13H,1H3/b10-6+. The molecule has 0 heterocycles. The van der Waals surface area contributed by atoms with Gasteiger partial charge in [0.2, 0.25) is 0 Å². The molecule has 0 amide bonds. The second kappa shape index (κ2) is 6.31. The molecule has 14 heavy (non-hydrogen) atoms. The van der Waals surface area contributed by atoms with E-state index in [1.54, 1.807) is 24.8 Å². The molecule has 1 rings (SSSR count). The average molecular weight is 204 g/mol. The second-order valence-corrected chi connectivity index (χ2v) is 3.68. The van der Waals surface area contributed by atoms with Crippen LogP contribution in [-0.4, -0.2) is 11.2 Å². The molecule has 2 heteroatoms. The van der Waals surface area contributed by atoms with E-state index in [9.17, 15) is 0 Å². The van der Waals surface area contributed by atoms with Crippen LogP contribution in [0.5, 0.6) is 0 Å². The summed E-state index contributed by atoms with van der Waals surface area (Å²) in [5.74, 6) is 5.39. The summed E-state index contributed by atoms with van der Waals surface area (Å²) in [4.78, 5) is 1.18. The molecule has 1 N–H and O–H groups in total. The lowest BCUT2D eigenvalue weighted by Gasteiger charge is -1.91. The van der Waals surface area contributed by atoms with Gasteiger partial charge >= 0.3 is 0 Å². The predicted octanol–water partition coefficient (Wildman–Crippen LogP) is 2.68. The van der Waals surface area contributed by atoms with Gasteiger partial charge in [-0.2, -0.15) is 0 Å². The highest BCUT2D eigenvalue weighted by atomic mass is 32.2. The summed E-state index contributed by atoms with van der Waals surface area (Å²) < 4.78 is 0. The van der Waals surface area contributed by atoms with Crippen LogP contribution in [0.3, 0.4) is 0 Å². The lowest BCUT2D eigenvalue weighted by Crippen LogP contribution is -1.91. The molecule has 0 saturated carbocycles. The molecule has 0 fully saturated rings. The van der Waals surface area contributed by atoms with Crippen LogP contribution >= 0.6 is 11.8 Å². The van der Waals surface area contributed by atoms with Crippen LogP contribution in [0.15, 0.2) is 46.7 Å². The predicted molar refractivity (Wildman–Crippen MR) is 60.9 cm³/mol. The number of aliphatic hydroxyl groups excluding tert-OH is 1. The third-order valence-electron chi connectivity index (χ3n) is 1.39. The maximum absolute atomic E-state index is 8.85. The van der Waals surface area contributed by atoms with E-state index in [-0.39, 0.29) is 0 Å². The Labute approximate surface area is 88.8 Å². The van der Waals surface area contributed by atoms with Crippen molar-refractivity contribution in [2.24, 2.45) is 0 Å². The monoisotopic (exact) mass is 204 g/mol. The van der Waals surface area contributed by atoms with E-state index in [1.165, 1.54) is 4.90 Å². The Kier molecular flexibility index (Phi) is 4.92. The van der Waals surface area contributed by atoms with Crippen LogP contribution in [0, 0.1) is 11.8 Å². The zero-order valence-corrected chi connectivity index (χ0v) is 8.79. The van der Waals surface area contributed by atoms with Gasteiger partial charge in [-0.3, -0.25) is 0 Å². The highest BCUT2D eigenvalue weighted by Crippen LogP contribution is 2.17. The van der Waals surface area contributed by atoms with Crippen molar-refractivity contribution >= 4 is 11.8 Å². The summed E-state index contributed by atoms with van der Waals surface area (Å²) in [5.41, 5.74) is 0. The Bertz CT molecular complexity index is 344. The molecular formula is C12H12OS. The molecule has 1 aromatic carbocycles. The van der Waals surface area contributed by atoms with E-state index < -0.39 is 6.10 Å². The Balaban J connectivity index is 2.39. The summed E-state index contributed by atoms with van der Waals surface area (Å²) in [7, 11) is 0. The zero-order chi connectivity index (χ0) is 10.2. The molecule has 1 unspecified atom stereocenters. The first-order valence-corrected chi connectivity index (χ1v) is 5.23. The van der Waals surface area contributed by atoms with E-state index in [1.807, 2.05) is 35.7 Å². The molecule has 72 valence electrons. The lowest BCUT2D eigenvalue weighted by atomic mass is 10.4. The van der Waals surface area contributed by atoms with Crippen LogP contribution in [-0.2, 0) is 0 Å². The fourth-order valence-electron chi connectivity index (χ4n) is 0.814. The highest BCUT2D eigenvalue weighted by molar-refractivity contribution is 8.02. The van der Waals surface area contributed by atoms with Crippen LogP contribution < -0.4 is 0 Å². The van der Waals surface area contributed by atoms with Crippen molar-refractivity contribution in [2.45, 2.75) is 17.9 Å². The lowest BCUT2D eigenvalue weighted by molar-refractivity contribution is 0.253. The molecule has 0 aliphatic carbocycles. The van der Waals surface area contributed by atoms with E-state index in [2.05, 4.69) is 11.8 Å². The Morgan fingerprint density at radius 2 is 2.07 bits per heavy atom. The van der Waals surface area contributed by atoms with Gasteiger partial charge in [0.15, 0.2) is 0 Å². The van der Waals surface area contributed by atoms with Crippen molar-refractivity contribution in [1.82, 2.24) is 0 Å². The van der Waals surface area contributed by atoms with Gasteiger partial charge in [-0.15, -0.1) is 0 Å². The SMILES string of the molecule is CC(O)C#C/C=C/Sc1ccccc1. The van der Waals surface area contributed by atoms with E-state index in [0.29, 0.717) is 0 Å². The third-order valence-corrected chi connectivity index (χ3v) is 2.21. The molecule has 1 nitrogen and oxygen atoms in total. The van der Waals surface area contributed by atoms with Crippen molar-refractivity contribution in [2.75, 3.05) is 0 Å². The van der Waals surface area contributed by atoms with Crippen molar-refractivity contribution in [3.05, 3.63) is 41.8 Å². The van der Waals surface area contributed by atoms with E-state index >= 15 is 0 Å². The minimum atomic E-state index is -0.554. The average Bonchev–Trinajstić information content (AvgIpc) is 2.18. The molecule has 0 aromatic heterocycles. The summed E-state index contributed by atoms with van der Waals surface area (Å²) in [6.45, 7) is 1.64. The summed E-state index contributed by atoms with van der Waals surface area (Å²) in [5, 5.41) is 10.8. The molecule has 0 radical (unpaired) electrons. The smallest absolute Gasteiger partial charge is 0.112 e. The summed E-state index contributed by atoms with van der Waals surface area (Å²) in [6.07, 6.45) is 1.19. The van der Waals surface area contributed by atoms with Gasteiger partial charge in [-0.1, -0.05) is 41.8 Å². The van der Waals surface area contributed by atoms with Gasteiger partial charge in [0.05, 0.1) is 0 Å². The molecule has 0 saturated heterocycles. The molecule has 1 aromatic rings. The van der Waals surface area contributed by atoms with Crippen molar-refractivity contribution in [1.29, 1.82) is 0 Å². The number of hydrogen-bond acceptors (Lipinski definition) is 2. The van der Waals surface area contributed by atoms with Gasteiger partial charge in [0.25, 0.3) is 0 Å². The van der Waals surface area contributed by atoms with E-state index in [0.717, 1.165) is 0 Å². The molecule has 0 aliphatic rings. The number of hydrogen-bond donors (Lipinski definition) is 1. The van der Waals surface area contributed by atoms with Crippen LogP contribution in [0.2, 0.25) is 0 Å². The summed E-state index contributed by atoms with van der Waals surface area (Å²) in [6, 6.07) is 10.1. The van der Waals surface area contributed by atoms with Gasteiger partial charge < -0.3 is 5.11 Å². The molecule has 0 spiro atoms. The fourth-order valence-corrected chi connectivity index (χ4v) is 1.42. The van der Waals surface area contributed by atoms with Gasteiger partial charge in [-0.25, -0.2) is 0 Å². The van der Waals surface area contributed by atoms with Crippen molar-refractivity contribution in [3.63, 3.8) is 0 Å². The normalized spacial score (nSPS) is 12.1. The molecule has 0 bridgehead atoms. The van der Waals surface area contributed by atoms with Crippen LogP contribution in [0.25, 0.3) is 0 Å². The van der Waals surface area contributed by atoms with E-state index in [4.69, 9.17) is 5.11 Å². The van der Waals surface area contributed by atoms with Crippen LogP contribution in [0.1, 0.15) is 6.92 Å². The fraction of sp³-hybridized carbons (Fsp3) is 0.167. The van der Waals surface area contributed by atoms with Crippen LogP contribution in [0.4, 0.5) is 0 Å². The zero-order valence-electron chi connectivity index (χ0n) is 7.97. The minimum Gasteiger partial charge on any atom is -0.381 e. The van der Waals surface area contributed by atoms with Crippen molar-refractivity contribution < 1.29 is 5.11 Å². The van der Waals surface area contributed by atoms with Crippen molar-refractivity contribution in [3.8, 4) is 11.8 Å². The Morgan fingerprint density at radius 3 is 2.71 bits per heavy atom. The Hall–Kier alpha value is -1.17. The summed E-state index contributed by atoms with van der Waals surface area (Å²) >= 11 is 1.61. The second-order valence-electron chi connectivity index (χ2n) is 2.70. The molecular weight excluding hydrogens is 192 g/mol. The van der Waals surface area contributed by atoms with Gasteiger partial charge in [0, 0.05) is 4.90 Å². The largest absolute Gasteiger partial charge is 0.381 e. The Morgan fingerprint density at radius 1 is 1.36 bits per heavy atom. The maximum Gasteiger partial charge on any atom is 0.112 e. The van der Waals surface area contributed by atoms with Gasteiger partial charge in [0.1, 0.15) is 6.10 Å². The first-order valence-electron chi connectivity index (χ1n) is 4.35. The molecule has 1 atom stereocenters. The third kappa shape index (κ3) is 4.76. The number of thioether (sulfide) groups is 1. The topological polar surface area (TPSA) is 20.2 Å². The quantitative estimate of drug-likeness (QED) is 0.590. The number of benzene rings is 1. The maximum atomic E-state index is 8.85. The molecule has 0 aliphatic heterocycles. The first kappa shape index (κ1) is 10.9. The highest BCUT2D eigenvalue weighted by Gasteiger charge is 1.85. The number of rotatable bonds is 2. The van der Waals surface area contributed by atoms with Gasteiger partial charge in [-0.05, 0) is 30.5 Å².